The third-order valence-corrected chi connectivity index (χ3v) is 2.67. The molecule has 0 aliphatic heterocycles. The van der Waals surface area contributed by atoms with Crippen LogP contribution < -0.4 is 0 Å². The molecule has 0 aliphatic rings. The molecule has 0 bridgehead atoms. The molecule has 6 heteroatoms. The number of halogens is 2. The van der Waals surface area contributed by atoms with Gasteiger partial charge in [0.05, 0.1) is 0 Å². The van der Waals surface area contributed by atoms with Gasteiger partial charge in [-0.1, -0.05) is 21.1 Å². The molecule has 0 fully saturated rings. The Bertz CT molecular complexity index is 594. The SMILES string of the molecule is Cc1cc(Br)cc(-c2cc(C(=O)O)on2)c1F. The number of hydrogen-bond acceptors (Lipinski definition) is 3. The van der Waals surface area contributed by atoms with Gasteiger partial charge in [0.1, 0.15) is 11.5 Å². The number of benzene rings is 1. The van der Waals surface area contributed by atoms with Crippen LogP contribution in [0.3, 0.4) is 0 Å². The maximum absolute atomic E-state index is 13.8. The van der Waals surface area contributed by atoms with Crippen LogP contribution in [0, 0.1) is 12.7 Å². The summed E-state index contributed by atoms with van der Waals surface area (Å²) < 4.78 is 19.1. The summed E-state index contributed by atoms with van der Waals surface area (Å²) >= 11 is 3.24. The molecule has 4 nitrogen and oxygen atoms in total. The van der Waals surface area contributed by atoms with Crippen molar-refractivity contribution in [2.45, 2.75) is 6.92 Å². The van der Waals surface area contributed by atoms with Crippen LogP contribution >= 0.6 is 15.9 Å². The lowest BCUT2D eigenvalue weighted by molar-refractivity contribution is 0.0652. The summed E-state index contributed by atoms with van der Waals surface area (Å²) in [5.41, 5.74) is 0.798. The van der Waals surface area contributed by atoms with E-state index in [2.05, 4.69) is 25.6 Å². The minimum atomic E-state index is -1.24. The number of carboxylic acid groups (broad SMARTS) is 1. The van der Waals surface area contributed by atoms with Crippen LogP contribution in [-0.2, 0) is 0 Å². The van der Waals surface area contributed by atoms with Crippen LogP contribution in [0.4, 0.5) is 4.39 Å². The first-order valence-corrected chi connectivity index (χ1v) is 5.44. The molecule has 0 saturated carbocycles. The maximum atomic E-state index is 13.8. The second kappa shape index (κ2) is 4.29. The summed E-state index contributed by atoms with van der Waals surface area (Å²) in [6.45, 7) is 1.61. The van der Waals surface area contributed by atoms with Crippen molar-refractivity contribution in [3.05, 3.63) is 39.8 Å². The Hall–Kier alpha value is -1.69. The van der Waals surface area contributed by atoms with E-state index in [9.17, 15) is 9.18 Å². The highest BCUT2D eigenvalue weighted by Crippen LogP contribution is 2.28. The van der Waals surface area contributed by atoms with Crippen LogP contribution in [0.25, 0.3) is 11.3 Å². The molecule has 2 rings (SSSR count). The quantitative estimate of drug-likeness (QED) is 0.924. The van der Waals surface area contributed by atoms with E-state index < -0.39 is 11.8 Å². The van der Waals surface area contributed by atoms with E-state index >= 15 is 0 Å². The molecule has 0 spiro atoms. The summed E-state index contributed by atoms with van der Waals surface area (Å²) in [6, 6.07) is 4.33. The zero-order valence-electron chi connectivity index (χ0n) is 8.70. The molecule has 88 valence electrons. The summed E-state index contributed by atoms with van der Waals surface area (Å²) in [6.07, 6.45) is 0. The number of hydrogen-bond donors (Lipinski definition) is 1. The average Bonchev–Trinajstić information content (AvgIpc) is 2.72. The summed E-state index contributed by atoms with van der Waals surface area (Å²) in [4.78, 5) is 10.6. The highest BCUT2D eigenvalue weighted by Gasteiger charge is 2.16. The fourth-order valence-electron chi connectivity index (χ4n) is 1.41. The van der Waals surface area contributed by atoms with Gasteiger partial charge >= 0.3 is 5.97 Å². The van der Waals surface area contributed by atoms with Crippen LogP contribution in [-0.4, -0.2) is 16.2 Å². The molecule has 0 unspecified atom stereocenters. The van der Waals surface area contributed by atoms with Crippen molar-refractivity contribution in [2.75, 3.05) is 0 Å². The van der Waals surface area contributed by atoms with Gasteiger partial charge in [-0.25, -0.2) is 9.18 Å². The van der Waals surface area contributed by atoms with Gasteiger partial charge in [-0.15, -0.1) is 0 Å². The molecule has 1 heterocycles. The Morgan fingerprint density at radius 3 is 2.76 bits per heavy atom. The van der Waals surface area contributed by atoms with Gasteiger partial charge in [0, 0.05) is 16.1 Å². The number of carboxylic acids is 1. The number of nitrogens with zero attached hydrogens (tertiary/aromatic N) is 1. The smallest absolute Gasteiger partial charge is 0.374 e. The van der Waals surface area contributed by atoms with E-state index in [1.54, 1.807) is 13.0 Å². The molecule has 0 aliphatic carbocycles. The molecule has 1 N–H and O–H groups in total. The first-order chi connectivity index (χ1) is 7.99. The Kier molecular flexibility index (Phi) is 2.97. The summed E-state index contributed by atoms with van der Waals surface area (Å²) in [7, 11) is 0. The monoisotopic (exact) mass is 299 g/mol. The van der Waals surface area contributed by atoms with Gasteiger partial charge < -0.3 is 9.63 Å². The average molecular weight is 300 g/mol. The molecule has 2 aromatic rings. The largest absolute Gasteiger partial charge is 0.475 e. The summed E-state index contributed by atoms with van der Waals surface area (Å²) in [5, 5.41) is 12.2. The topological polar surface area (TPSA) is 63.3 Å². The van der Waals surface area contributed by atoms with Gasteiger partial charge in [0.2, 0.25) is 5.76 Å². The van der Waals surface area contributed by atoms with Gasteiger partial charge in [-0.2, -0.15) is 0 Å². The molecular formula is C11H7BrFNO3. The zero-order chi connectivity index (χ0) is 12.6. The van der Waals surface area contributed by atoms with Crippen molar-refractivity contribution in [1.82, 2.24) is 5.16 Å². The number of aromatic nitrogens is 1. The molecule has 1 aromatic heterocycles. The normalized spacial score (nSPS) is 10.5. The number of aryl methyl sites for hydroxylation is 1. The zero-order valence-corrected chi connectivity index (χ0v) is 10.3. The van der Waals surface area contributed by atoms with E-state index in [-0.39, 0.29) is 17.0 Å². The maximum Gasteiger partial charge on any atom is 0.374 e. The van der Waals surface area contributed by atoms with E-state index in [1.807, 2.05) is 0 Å². The summed E-state index contributed by atoms with van der Waals surface area (Å²) in [5.74, 6) is -2.01. The van der Waals surface area contributed by atoms with Crippen LogP contribution in [0.5, 0.6) is 0 Å². The van der Waals surface area contributed by atoms with Crippen molar-refractivity contribution >= 4 is 21.9 Å². The van der Waals surface area contributed by atoms with Crippen molar-refractivity contribution in [3.63, 3.8) is 0 Å². The van der Waals surface area contributed by atoms with Crippen molar-refractivity contribution in [2.24, 2.45) is 0 Å². The van der Waals surface area contributed by atoms with Gasteiger partial charge in [-0.05, 0) is 24.6 Å². The lowest BCUT2D eigenvalue weighted by Crippen LogP contribution is -1.92. The number of rotatable bonds is 2. The predicted octanol–water partition coefficient (Wildman–Crippen LogP) is 3.25. The van der Waals surface area contributed by atoms with E-state index in [0.717, 1.165) is 0 Å². The Balaban J connectivity index is 2.56. The number of aromatic carboxylic acids is 1. The molecule has 0 atom stereocenters. The van der Waals surface area contributed by atoms with Crippen molar-refractivity contribution < 1.29 is 18.8 Å². The Morgan fingerprint density at radius 1 is 1.47 bits per heavy atom. The second-order valence-electron chi connectivity index (χ2n) is 3.47. The lowest BCUT2D eigenvalue weighted by atomic mass is 10.1. The Labute approximate surface area is 104 Å². The fourth-order valence-corrected chi connectivity index (χ4v) is 1.99. The van der Waals surface area contributed by atoms with Crippen LogP contribution in [0.15, 0.2) is 27.2 Å². The first-order valence-electron chi connectivity index (χ1n) is 4.65. The third kappa shape index (κ3) is 2.21. The van der Waals surface area contributed by atoms with E-state index in [4.69, 9.17) is 5.11 Å². The first kappa shape index (κ1) is 11.8. The minimum absolute atomic E-state index is 0.157. The van der Waals surface area contributed by atoms with Gasteiger partial charge in [0.15, 0.2) is 0 Å². The fraction of sp³-hybridized carbons (Fsp3) is 0.0909. The molecule has 1 aromatic carbocycles. The molecular weight excluding hydrogens is 293 g/mol. The molecule has 0 radical (unpaired) electrons. The van der Waals surface area contributed by atoms with Crippen LogP contribution in [0.1, 0.15) is 16.1 Å². The minimum Gasteiger partial charge on any atom is -0.475 e. The van der Waals surface area contributed by atoms with Gasteiger partial charge in [-0.3, -0.25) is 0 Å². The lowest BCUT2D eigenvalue weighted by Gasteiger charge is -2.03. The predicted molar refractivity (Wildman–Crippen MR) is 61.3 cm³/mol. The number of carbonyl (C=O) groups is 1. The standard InChI is InChI=1S/C11H7BrFNO3/c1-5-2-6(12)3-7(10(5)13)8-4-9(11(15)16)17-14-8/h2-4H,1H3,(H,15,16). The van der Waals surface area contributed by atoms with E-state index in [0.29, 0.717) is 10.0 Å². The van der Waals surface area contributed by atoms with E-state index in [1.165, 1.54) is 12.1 Å². The molecule has 0 saturated heterocycles. The van der Waals surface area contributed by atoms with Gasteiger partial charge in [0.25, 0.3) is 0 Å². The van der Waals surface area contributed by atoms with Crippen LogP contribution in [0.2, 0.25) is 0 Å². The highest BCUT2D eigenvalue weighted by atomic mass is 79.9. The Morgan fingerprint density at radius 2 is 2.18 bits per heavy atom. The van der Waals surface area contributed by atoms with Crippen molar-refractivity contribution in [1.29, 1.82) is 0 Å². The highest BCUT2D eigenvalue weighted by molar-refractivity contribution is 9.10. The third-order valence-electron chi connectivity index (χ3n) is 2.22. The van der Waals surface area contributed by atoms with Crippen molar-refractivity contribution in [3.8, 4) is 11.3 Å². The molecule has 17 heavy (non-hydrogen) atoms. The second-order valence-corrected chi connectivity index (χ2v) is 4.38. The molecule has 0 amide bonds.